The van der Waals surface area contributed by atoms with Crippen LogP contribution in [0.25, 0.3) is 0 Å². The molecule has 132 valence electrons. The molecular formula is C18H17N5O2S. The highest BCUT2D eigenvalue weighted by molar-refractivity contribution is 7.14. The molecule has 0 fully saturated rings. The molecule has 3 rings (SSSR count). The van der Waals surface area contributed by atoms with Crippen LogP contribution in [-0.4, -0.2) is 26.8 Å². The number of thiazole rings is 1. The van der Waals surface area contributed by atoms with Gasteiger partial charge in [-0.25, -0.2) is 15.0 Å². The maximum Gasteiger partial charge on any atom is 0.295 e. The van der Waals surface area contributed by atoms with Crippen LogP contribution >= 0.6 is 11.3 Å². The molecule has 2 heterocycles. The first-order valence-electron chi connectivity index (χ1n) is 7.91. The van der Waals surface area contributed by atoms with Crippen LogP contribution in [0.3, 0.4) is 0 Å². The summed E-state index contributed by atoms with van der Waals surface area (Å²) in [5, 5.41) is 7.66. The molecule has 0 saturated carbocycles. The highest BCUT2D eigenvalue weighted by Crippen LogP contribution is 2.19. The first kappa shape index (κ1) is 17.7. The van der Waals surface area contributed by atoms with E-state index in [9.17, 15) is 9.59 Å². The Kier molecular flexibility index (Phi) is 5.33. The van der Waals surface area contributed by atoms with Crippen LogP contribution in [0.1, 0.15) is 27.4 Å². The van der Waals surface area contributed by atoms with Gasteiger partial charge in [-0.15, -0.1) is 11.3 Å². The Balaban J connectivity index is 1.60. The van der Waals surface area contributed by atoms with Gasteiger partial charge >= 0.3 is 0 Å². The second-order valence-corrected chi connectivity index (χ2v) is 6.57. The summed E-state index contributed by atoms with van der Waals surface area (Å²) in [4.78, 5) is 36.3. The van der Waals surface area contributed by atoms with Gasteiger partial charge in [-0.1, -0.05) is 12.1 Å². The van der Waals surface area contributed by atoms with Crippen molar-refractivity contribution in [1.29, 1.82) is 0 Å². The number of amides is 2. The van der Waals surface area contributed by atoms with Crippen LogP contribution in [0.15, 0.2) is 42.0 Å². The van der Waals surface area contributed by atoms with Crippen LogP contribution in [0, 0.1) is 13.8 Å². The lowest BCUT2D eigenvalue weighted by Gasteiger charge is -2.08. The van der Waals surface area contributed by atoms with E-state index in [4.69, 9.17) is 0 Å². The molecule has 0 aliphatic rings. The third kappa shape index (κ3) is 4.48. The van der Waals surface area contributed by atoms with Gasteiger partial charge in [0.25, 0.3) is 5.91 Å². The Morgan fingerprint density at radius 3 is 2.65 bits per heavy atom. The summed E-state index contributed by atoms with van der Waals surface area (Å²) in [6, 6.07) is 7.52. The minimum Gasteiger partial charge on any atom is -0.325 e. The van der Waals surface area contributed by atoms with Crippen molar-refractivity contribution in [3.05, 3.63) is 64.7 Å². The molecule has 0 spiro atoms. The van der Waals surface area contributed by atoms with E-state index in [0.717, 1.165) is 16.8 Å². The van der Waals surface area contributed by atoms with Gasteiger partial charge in [0.1, 0.15) is 0 Å². The maximum absolute atomic E-state index is 12.2. The molecule has 0 aliphatic carbocycles. The molecule has 0 aliphatic heterocycles. The van der Waals surface area contributed by atoms with E-state index in [0.29, 0.717) is 10.8 Å². The summed E-state index contributed by atoms with van der Waals surface area (Å²) in [7, 11) is 0. The molecule has 8 heteroatoms. The lowest BCUT2D eigenvalue weighted by atomic mass is 10.1. The summed E-state index contributed by atoms with van der Waals surface area (Å²) in [5.74, 6) is -0.531. The lowest BCUT2D eigenvalue weighted by Crippen LogP contribution is -2.16. The number of nitrogens with zero attached hydrogens (tertiary/aromatic N) is 3. The summed E-state index contributed by atoms with van der Waals surface area (Å²) in [6.45, 7) is 3.91. The van der Waals surface area contributed by atoms with Gasteiger partial charge in [0.2, 0.25) is 11.7 Å². The van der Waals surface area contributed by atoms with Crippen molar-refractivity contribution in [1.82, 2.24) is 15.0 Å². The lowest BCUT2D eigenvalue weighted by molar-refractivity contribution is -0.115. The molecule has 26 heavy (non-hydrogen) atoms. The molecule has 0 saturated heterocycles. The standard InChI is InChI=1S/C18H17N5O2S/c1-11-4-5-12(2)14(8-11)22-15(24)9-13-10-26-18(21-13)23-17(25)16-19-6-3-7-20-16/h3-8,10H,9H2,1-2H3,(H,22,24)(H,21,23,25). The third-order valence-corrected chi connectivity index (χ3v) is 4.36. The molecule has 0 unspecified atom stereocenters. The molecule has 0 atom stereocenters. The zero-order chi connectivity index (χ0) is 18.5. The molecule has 3 aromatic rings. The molecular weight excluding hydrogens is 350 g/mol. The van der Waals surface area contributed by atoms with Crippen molar-refractivity contribution in [2.24, 2.45) is 0 Å². The number of carbonyl (C=O) groups excluding carboxylic acids is 2. The number of anilines is 2. The minimum atomic E-state index is -0.439. The van der Waals surface area contributed by atoms with Crippen molar-refractivity contribution < 1.29 is 9.59 Å². The predicted octanol–water partition coefficient (Wildman–Crippen LogP) is 2.98. The summed E-state index contributed by atoms with van der Waals surface area (Å²) < 4.78 is 0. The van der Waals surface area contributed by atoms with Crippen LogP contribution in [-0.2, 0) is 11.2 Å². The SMILES string of the molecule is Cc1ccc(C)c(NC(=O)Cc2csc(NC(=O)c3ncccn3)n2)c1. The Hall–Kier alpha value is -3.13. The fraction of sp³-hybridized carbons (Fsp3) is 0.167. The Labute approximate surface area is 154 Å². The maximum atomic E-state index is 12.2. The Morgan fingerprint density at radius 1 is 1.12 bits per heavy atom. The van der Waals surface area contributed by atoms with E-state index in [2.05, 4.69) is 25.6 Å². The van der Waals surface area contributed by atoms with Crippen molar-refractivity contribution in [2.75, 3.05) is 10.6 Å². The van der Waals surface area contributed by atoms with Gasteiger partial charge in [-0.05, 0) is 37.1 Å². The minimum absolute atomic E-state index is 0.0666. The molecule has 1 aromatic carbocycles. The topological polar surface area (TPSA) is 96.9 Å². The molecule has 0 bridgehead atoms. The highest BCUT2D eigenvalue weighted by atomic mass is 32.1. The van der Waals surface area contributed by atoms with E-state index < -0.39 is 5.91 Å². The first-order valence-corrected chi connectivity index (χ1v) is 8.79. The number of hydrogen-bond acceptors (Lipinski definition) is 6. The van der Waals surface area contributed by atoms with Gasteiger partial charge in [-0.3, -0.25) is 14.9 Å². The number of aromatic nitrogens is 3. The number of nitrogens with one attached hydrogen (secondary N) is 2. The van der Waals surface area contributed by atoms with Gasteiger partial charge in [-0.2, -0.15) is 0 Å². The predicted molar refractivity (Wildman–Crippen MR) is 100 cm³/mol. The van der Waals surface area contributed by atoms with Crippen molar-refractivity contribution in [3.63, 3.8) is 0 Å². The smallest absolute Gasteiger partial charge is 0.295 e. The molecule has 2 N–H and O–H groups in total. The summed E-state index contributed by atoms with van der Waals surface area (Å²) in [6.07, 6.45) is 3.11. The van der Waals surface area contributed by atoms with E-state index >= 15 is 0 Å². The van der Waals surface area contributed by atoms with Crippen molar-refractivity contribution >= 4 is 34.0 Å². The van der Waals surface area contributed by atoms with Crippen molar-refractivity contribution in [2.45, 2.75) is 20.3 Å². The highest BCUT2D eigenvalue weighted by Gasteiger charge is 2.13. The largest absolute Gasteiger partial charge is 0.325 e. The van der Waals surface area contributed by atoms with E-state index in [1.165, 1.54) is 23.7 Å². The average molecular weight is 367 g/mol. The van der Waals surface area contributed by atoms with Gasteiger partial charge in [0, 0.05) is 23.5 Å². The van der Waals surface area contributed by atoms with E-state index in [1.54, 1.807) is 11.4 Å². The number of aryl methyl sites for hydroxylation is 2. The van der Waals surface area contributed by atoms with E-state index in [-0.39, 0.29) is 18.2 Å². The normalized spacial score (nSPS) is 10.4. The van der Waals surface area contributed by atoms with Crippen LogP contribution < -0.4 is 10.6 Å². The summed E-state index contributed by atoms with van der Waals surface area (Å²) in [5.41, 5.74) is 3.45. The van der Waals surface area contributed by atoms with Gasteiger partial charge < -0.3 is 5.32 Å². The Bertz CT molecular complexity index is 940. The van der Waals surface area contributed by atoms with Gasteiger partial charge in [0.05, 0.1) is 12.1 Å². The van der Waals surface area contributed by atoms with E-state index in [1.807, 2.05) is 32.0 Å². The van der Waals surface area contributed by atoms with Crippen molar-refractivity contribution in [3.8, 4) is 0 Å². The number of benzene rings is 1. The quantitative estimate of drug-likeness (QED) is 0.723. The first-order chi connectivity index (χ1) is 12.5. The molecule has 0 radical (unpaired) electrons. The summed E-state index contributed by atoms with van der Waals surface area (Å²) >= 11 is 1.25. The fourth-order valence-corrected chi connectivity index (χ4v) is 2.95. The molecule has 7 nitrogen and oxygen atoms in total. The van der Waals surface area contributed by atoms with Gasteiger partial charge in [0.15, 0.2) is 5.13 Å². The number of carbonyl (C=O) groups is 2. The van der Waals surface area contributed by atoms with Crippen LogP contribution in [0.4, 0.5) is 10.8 Å². The van der Waals surface area contributed by atoms with Crippen LogP contribution in [0.5, 0.6) is 0 Å². The zero-order valence-corrected chi connectivity index (χ0v) is 15.1. The fourth-order valence-electron chi connectivity index (χ4n) is 2.24. The third-order valence-electron chi connectivity index (χ3n) is 3.55. The average Bonchev–Trinajstić information content (AvgIpc) is 3.05. The van der Waals surface area contributed by atoms with Crippen LogP contribution in [0.2, 0.25) is 0 Å². The Morgan fingerprint density at radius 2 is 1.88 bits per heavy atom. The number of rotatable bonds is 5. The molecule has 2 aromatic heterocycles. The second kappa shape index (κ2) is 7.83. The second-order valence-electron chi connectivity index (χ2n) is 5.71. The molecule has 2 amide bonds. The zero-order valence-electron chi connectivity index (χ0n) is 14.3. The monoisotopic (exact) mass is 367 g/mol. The number of hydrogen-bond donors (Lipinski definition) is 2.